The molecule has 2 saturated carbocycles. The summed E-state index contributed by atoms with van der Waals surface area (Å²) in [7, 11) is 1.77. The van der Waals surface area contributed by atoms with Gasteiger partial charge in [-0.05, 0) is 137 Å². The van der Waals surface area contributed by atoms with E-state index in [-0.39, 0.29) is 109 Å². The first-order valence-corrected chi connectivity index (χ1v) is 31.8. The van der Waals surface area contributed by atoms with Crippen LogP contribution < -0.4 is 16.0 Å². The van der Waals surface area contributed by atoms with Gasteiger partial charge in [-0.25, -0.2) is 0 Å². The fourth-order valence-electron chi connectivity index (χ4n) is 13.3. The van der Waals surface area contributed by atoms with Crippen molar-refractivity contribution in [3.05, 3.63) is 119 Å². The summed E-state index contributed by atoms with van der Waals surface area (Å²) in [6, 6.07) is 29.1. The Bertz CT molecular complexity index is 2680. The molecule has 15 heteroatoms. The number of fused-ring (bicyclic) bond motifs is 1. The summed E-state index contributed by atoms with van der Waals surface area (Å²) in [6.07, 6.45) is 15.4. The van der Waals surface area contributed by atoms with Crippen LogP contribution in [0.4, 0.5) is 0 Å². The van der Waals surface area contributed by atoms with Crippen molar-refractivity contribution in [1.82, 2.24) is 35.6 Å². The summed E-state index contributed by atoms with van der Waals surface area (Å²) in [5.41, 5.74) is 2.97. The number of Topliss-reactive ketones (excluding diaryl/α,β-unsaturated/α-hetero) is 2. The lowest BCUT2D eigenvalue weighted by atomic mass is 9.76. The maximum absolute atomic E-state index is 14.6. The number of carbonyl (C=O) groups excluding carboxylic acids is 8. The topological polar surface area (TPSA) is 186 Å². The summed E-state index contributed by atoms with van der Waals surface area (Å²) in [5, 5.41) is 10.6. The first kappa shape index (κ1) is 63.3. The summed E-state index contributed by atoms with van der Waals surface area (Å²) >= 11 is 0. The van der Waals surface area contributed by atoms with Crippen molar-refractivity contribution in [2.45, 2.75) is 173 Å². The van der Waals surface area contributed by atoms with Gasteiger partial charge in [0, 0.05) is 93.6 Å². The normalized spacial score (nSPS) is 19.0. The number of ketones is 2. The molecule has 4 fully saturated rings. The largest absolute Gasteiger partial charge is 0.344 e. The zero-order chi connectivity index (χ0) is 59.5. The van der Waals surface area contributed by atoms with Gasteiger partial charge < -0.3 is 35.6 Å². The molecule has 4 aromatic carbocycles. The molecule has 2 saturated heterocycles. The Morgan fingerprint density at radius 2 is 1.11 bits per heavy atom. The molecule has 452 valence electrons. The van der Waals surface area contributed by atoms with E-state index < -0.39 is 11.9 Å². The van der Waals surface area contributed by atoms with Crippen molar-refractivity contribution >= 4 is 57.8 Å². The third-order valence-electron chi connectivity index (χ3n) is 18.9. The molecule has 3 N–H and O–H groups in total. The summed E-state index contributed by atoms with van der Waals surface area (Å²) < 4.78 is 0. The van der Waals surface area contributed by atoms with Crippen LogP contribution in [-0.4, -0.2) is 144 Å². The lowest BCUT2D eigenvalue weighted by Gasteiger charge is -2.37. The number of benzene rings is 4. The van der Waals surface area contributed by atoms with Crippen molar-refractivity contribution in [2.24, 2.45) is 23.7 Å². The molecule has 6 amide bonds. The number of likely N-dealkylation sites (N-methyl/N-ethyl adjacent to an activating group) is 1. The molecule has 0 unspecified atom stereocenters. The van der Waals surface area contributed by atoms with E-state index in [1.165, 1.54) is 0 Å². The van der Waals surface area contributed by atoms with Gasteiger partial charge in [0.05, 0.1) is 12.6 Å². The Kier molecular flexibility index (Phi) is 23.7. The minimum atomic E-state index is -0.588. The van der Waals surface area contributed by atoms with Gasteiger partial charge >= 0.3 is 0 Å². The second kappa shape index (κ2) is 31.4. The molecule has 8 rings (SSSR count). The molecule has 0 aromatic heterocycles. The Labute approximate surface area is 498 Å². The molecule has 0 radical (unpaired) electrons. The van der Waals surface area contributed by atoms with E-state index >= 15 is 0 Å². The van der Waals surface area contributed by atoms with Crippen LogP contribution in [0.15, 0.2) is 97.1 Å². The number of rotatable bonds is 28. The first-order valence-electron chi connectivity index (χ1n) is 31.8. The molecule has 2 heterocycles. The summed E-state index contributed by atoms with van der Waals surface area (Å²) in [6.45, 7) is 8.15. The second-order valence-corrected chi connectivity index (χ2v) is 24.6. The van der Waals surface area contributed by atoms with Gasteiger partial charge in [-0.2, -0.15) is 0 Å². The molecular formula is C69H93N7O8. The third-order valence-corrected chi connectivity index (χ3v) is 18.9. The van der Waals surface area contributed by atoms with Gasteiger partial charge in [0.25, 0.3) is 5.91 Å². The van der Waals surface area contributed by atoms with Gasteiger partial charge in [-0.1, -0.05) is 131 Å². The van der Waals surface area contributed by atoms with E-state index in [0.717, 1.165) is 112 Å². The average Bonchev–Trinajstić information content (AvgIpc) is 4.21. The van der Waals surface area contributed by atoms with Crippen molar-refractivity contribution in [2.75, 3.05) is 52.9 Å². The van der Waals surface area contributed by atoms with Gasteiger partial charge in [0.1, 0.15) is 11.8 Å². The lowest BCUT2D eigenvalue weighted by molar-refractivity contribution is -0.143. The van der Waals surface area contributed by atoms with Crippen molar-refractivity contribution in [3.63, 3.8) is 0 Å². The Morgan fingerprint density at radius 1 is 0.583 bits per heavy atom. The maximum atomic E-state index is 14.6. The van der Waals surface area contributed by atoms with Crippen LogP contribution in [0.3, 0.4) is 0 Å². The van der Waals surface area contributed by atoms with E-state index in [2.05, 4.69) is 16.0 Å². The Hall–Kier alpha value is -6.74. The van der Waals surface area contributed by atoms with Crippen LogP contribution in [-0.2, 0) is 41.6 Å². The van der Waals surface area contributed by atoms with Crippen molar-refractivity contribution < 1.29 is 38.4 Å². The predicted molar refractivity (Wildman–Crippen MR) is 329 cm³/mol. The molecule has 0 spiro atoms. The molecule has 0 bridgehead atoms. The van der Waals surface area contributed by atoms with Gasteiger partial charge in [-0.3, -0.25) is 38.4 Å². The molecule has 4 aliphatic rings. The van der Waals surface area contributed by atoms with E-state index in [0.29, 0.717) is 69.7 Å². The van der Waals surface area contributed by atoms with Crippen LogP contribution in [0.5, 0.6) is 0 Å². The summed E-state index contributed by atoms with van der Waals surface area (Å²) in [4.78, 5) is 119. The van der Waals surface area contributed by atoms with Crippen molar-refractivity contribution in [3.8, 4) is 0 Å². The SMILES string of the molecule is CC[C@@H](C)C(=O)N[C@H](C(=O)N1CCC[C@H]1CN(CCc1ccccc1)C(=O)CCC(=O)c1ccc2cc(C(=O)NCC(=O)N(CCc3ccccc3)C[C@@H]3CCCN3C(=O)[C@@H](CC(=O)[C@H](C)NC)C3CCCCC3)ccc2c1)C1CCCCC1. The number of amides is 6. The molecule has 15 nitrogen and oxygen atoms in total. The quantitative estimate of drug-likeness (QED) is 0.0466. The standard InChI is InChI=1S/C69H93N7O8/c1-5-48(2)66(81)72-65(53-26-16-9-17-27-53)69(84)76-39-19-29-59(76)46-73(40-36-50-20-10-6-11-21-50)63(79)35-34-61(77)56-32-30-55-43-57(33-31-54(55)42-56)67(82)71-45-64(80)74(41-37-51-22-12-7-13-23-51)47-58-28-18-38-75(58)68(83)60(44-62(78)49(3)70-4)52-24-14-8-15-25-52/h6-7,10-13,20-23,30-33,42-43,48-49,52-53,58-60,65,70H,5,8-9,14-19,24-29,34-41,44-47H2,1-4H3,(H,71,82)(H,72,81)/t48-,49+,58+,59+,60+,65+/m1/s1. The minimum Gasteiger partial charge on any atom is -0.344 e. The van der Waals surface area contributed by atoms with Crippen LogP contribution in [0.1, 0.15) is 168 Å². The predicted octanol–water partition coefficient (Wildman–Crippen LogP) is 9.53. The van der Waals surface area contributed by atoms with Crippen LogP contribution in [0.25, 0.3) is 10.8 Å². The van der Waals surface area contributed by atoms with Crippen LogP contribution in [0.2, 0.25) is 0 Å². The first-order chi connectivity index (χ1) is 40.7. The van der Waals surface area contributed by atoms with Crippen molar-refractivity contribution in [1.29, 1.82) is 0 Å². The highest BCUT2D eigenvalue weighted by molar-refractivity contribution is 6.04. The molecule has 4 aromatic rings. The maximum Gasteiger partial charge on any atom is 0.251 e. The molecule has 84 heavy (non-hydrogen) atoms. The lowest BCUT2D eigenvalue weighted by Crippen LogP contribution is -2.56. The molecule has 6 atom stereocenters. The zero-order valence-electron chi connectivity index (χ0n) is 50.5. The van der Waals surface area contributed by atoms with Gasteiger partial charge in [-0.15, -0.1) is 0 Å². The Morgan fingerprint density at radius 3 is 1.67 bits per heavy atom. The Balaban J connectivity index is 0.892. The minimum absolute atomic E-state index is 0.000201. The number of hydrogen-bond donors (Lipinski definition) is 3. The average molecular weight is 1150 g/mol. The molecule has 2 aliphatic carbocycles. The fraction of sp³-hybridized carbons (Fsp3) is 0.565. The number of carbonyl (C=O) groups is 8. The highest BCUT2D eigenvalue weighted by Gasteiger charge is 2.41. The van der Waals surface area contributed by atoms with E-state index in [9.17, 15) is 38.4 Å². The second-order valence-electron chi connectivity index (χ2n) is 24.6. The summed E-state index contributed by atoms with van der Waals surface area (Å²) in [5.74, 6) is -1.42. The van der Waals surface area contributed by atoms with Crippen LogP contribution in [0, 0.1) is 23.7 Å². The van der Waals surface area contributed by atoms with E-state index in [1.54, 1.807) is 48.3 Å². The molecule has 2 aliphatic heterocycles. The van der Waals surface area contributed by atoms with Gasteiger partial charge in [0.15, 0.2) is 5.78 Å². The zero-order valence-corrected chi connectivity index (χ0v) is 50.5. The fourth-order valence-corrected chi connectivity index (χ4v) is 13.3. The number of nitrogens with one attached hydrogen (secondary N) is 3. The number of hydrogen-bond acceptors (Lipinski definition) is 9. The monoisotopic (exact) mass is 1150 g/mol. The third kappa shape index (κ3) is 17.2. The van der Waals surface area contributed by atoms with Crippen LogP contribution >= 0.6 is 0 Å². The van der Waals surface area contributed by atoms with E-state index in [1.807, 2.05) is 96.1 Å². The van der Waals surface area contributed by atoms with E-state index in [4.69, 9.17) is 0 Å². The number of nitrogens with zero attached hydrogens (tertiary/aromatic N) is 4. The van der Waals surface area contributed by atoms with Gasteiger partial charge in [0.2, 0.25) is 29.5 Å². The molecular weight excluding hydrogens is 1050 g/mol. The number of likely N-dealkylation sites (tertiary alicyclic amines) is 2. The smallest absolute Gasteiger partial charge is 0.251 e. The highest BCUT2D eigenvalue weighted by Crippen LogP contribution is 2.36. The highest BCUT2D eigenvalue weighted by atomic mass is 16.2.